The Hall–Kier alpha value is -2.76. The van der Waals surface area contributed by atoms with Gasteiger partial charge in [0.15, 0.2) is 0 Å². The summed E-state index contributed by atoms with van der Waals surface area (Å²) >= 11 is 0. The van der Waals surface area contributed by atoms with E-state index >= 15 is 0 Å². The zero-order valence-electron chi connectivity index (χ0n) is 11.6. The molecule has 0 aliphatic carbocycles. The lowest BCUT2D eigenvalue weighted by Crippen LogP contribution is -2.01. The highest BCUT2D eigenvalue weighted by atomic mass is 16.5. The number of pyridine rings is 1. The van der Waals surface area contributed by atoms with Crippen LogP contribution in [-0.4, -0.2) is 22.7 Å². The largest absolute Gasteiger partial charge is 0.494 e. The first-order chi connectivity index (χ1) is 10.1. The van der Waals surface area contributed by atoms with Crippen molar-refractivity contribution in [1.82, 2.24) is 4.98 Å². The molecule has 0 fully saturated rings. The number of aromatic nitrogens is 1. The number of benzene rings is 1. The average Bonchev–Trinajstić information content (AvgIpc) is 2.48. The highest BCUT2D eigenvalue weighted by Crippen LogP contribution is 2.27. The second-order valence-electron chi connectivity index (χ2n) is 4.35. The van der Waals surface area contributed by atoms with Crippen molar-refractivity contribution in [2.45, 2.75) is 13.3 Å². The normalized spacial score (nSPS) is 10.1. The van der Waals surface area contributed by atoms with Gasteiger partial charge in [0.2, 0.25) is 5.88 Å². The van der Waals surface area contributed by atoms with Crippen molar-refractivity contribution >= 4 is 11.7 Å². The van der Waals surface area contributed by atoms with E-state index in [1.807, 2.05) is 6.92 Å². The van der Waals surface area contributed by atoms with E-state index in [-0.39, 0.29) is 17.1 Å². The second-order valence-corrected chi connectivity index (χ2v) is 4.35. The SMILES string of the molecule is CCCOc1ccc(Oc2ncc(C(=O)O)cc2N)cc1. The molecule has 6 nitrogen and oxygen atoms in total. The number of hydrogen-bond donors (Lipinski definition) is 2. The molecule has 110 valence electrons. The third-order valence-electron chi connectivity index (χ3n) is 2.64. The van der Waals surface area contributed by atoms with Crippen molar-refractivity contribution in [3.05, 3.63) is 42.1 Å². The summed E-state index contributed by atoms with van der Waals surface area (Å²) in [6, 6.07) is 8.34. The summed E-state index contributed by atoms with van der Waals surface area (Å²) < 4.78 is 11.0. The molecule has 0 aliphatic heterocycles. The van der Waals surface area contributed by atoms with Crippen molar-refractivity contribution in [2.24, 2.45) is 0 Å². The minimum absolute atomic E-state index is 0.0168. The number of anilines is 1. The van der Waals surface area contributed by atoms with Gasteiger partial charge in [0, 0.05) is 6.20 Å². The molecule has 2 aromatic rings. The van der Waals surface area contributed by atoms with Crippen LogP contribution in [0.3, 0.4) is 0 Å². The van der Waals surface area contributed by atoms with Gasteiger partial charge in [-0.2, -0.15) is 0 Å². The van der Waals surface area contributed by atoms with Crippen LogP contribution in [0.1, 0.15) is 23.7 Å². The van der Waals surface area contributed by atoms with E-state index in [0.717, 1.165) is 12.2 Å². The van der Waals surface area contributed by atoms with Crippen LogP contribution in [0.4, 0.5) is 5.69 Å². The molecule has 0 aliphatic rings. The third kappa shape index (κ3) is 3.85. The lowest BCUT2D eigenvalue weighted by Gasteiger charge is -2.09. The number of carboxylic acid groups (broad SMARTS) is 1. The first-order valence-corrected chi connectivity index (χ1v) is 6.49. The van der Waals surface area contributed by atoms with E-state index in [0.29, 0.717) is 12.4 Å². The number of aromatic carboxylic acids is 1. The maximum absolute atomic E-state index is 10.8. The number of rotatable bonds is 6. The van der Waals surface area contributed by atoms with Crippen molar-refractivity contribution in [3.63, 3.8) is 0 Å². The minimum Gasteiger partial charge on any atom is -0.494 e. The quantitative estimate of drug-likeness (QED) is 0.848. The van der Waals surface area contributed by atoms with E-state index < -0.39 is 5.97 Å². The van der Waals surface area contributed by atoms with Crippen LogP contribution in [0, 0.1) is 0 Å². The molecule has 0 spiro atoms. The molecule has 1 aromatic heterocycles. The molecule has 3 N–H and O–H groups in total. The van der Waals surface area contributed by atoms with Crippen LogP contribution in [0.25, 0.3) is 0 Å². The Kier molecular flexibility index (Phi) is 4.61. The Morgan fingerprint density at radius 2 is 1.95 bits per heavy atom. The van der Waals surface area contributed by atoms with Gasteiger partial charge in [-0.25, -0.2) is 9.78 Å². The summed E-state index contributed by atoms with van der Waals surface area (Å²) in [4.78, 5) is 14.7. The maximum Gasteiger partial charge on any atom is 0.337 e. The zero-order valence-corrected chi connectivity index (χ0v) is 11.6. The molecule has 0 saturated carbocycles. The molecule has 1 heterocycles. The van der Waals surface area contributed by atoms with Gasteiger partial charge in [0.25, 0.3) is 0 Å². The molecule has 0 saturated heterocycles. The average molecular weight is 288 g/mol. The van der Waals surface area contributed by atoms with Crippen LogP contribution < -0.4 is 15.2 Å². The number of carboxylic acids is 1. The molecule has 2 rings (SSSR count). The fraction of sp³-hybridized carbons (Fsp3) is 0.200. The lowest BCUT2D eigenvalue weighted by atomic mass is 10.2. The summed E-state index contributed by atoms with van der Waals surface area (Å²) in [7, 11) is 0. The number of nitrogen functional groups attached to an aromatic ring is 1. The smallest absolute Gasteiger partial charge is 0.337 e. The van der Waals surface area contributed by atoms with E-state index in [1.165, 1.54) is 12.3 Å². The van der Waals surface area contributed by atoms with E-state index in [1.54, 1.807) is 24.3 Å². The van der Waals surface area contributed by atoms with Crippen molar-refractivity contribution in [2.75, 3.05) is 12.3 Å². The Labute approximate surface area is 122 Å². The monoisotopic (exact) mass is 288 g/mol. The fourth-order valence-corrected chi connectivity index (χ4v) is 1.61. The van der Waals surface area contributed by atoms with Crippen molar-refractivity contribution < 1.29 is 19.4 Å². The van der Waals surface area contributed by atoms with Crippen LogP contribution in [0.2, 0.25) is 0 Å². The van der Waals surface area contributed by atoms with Gasteiger partial charge in [-0.15, -0.1) is 0 Å². The number of hydrogen-bond acceptors (Lipinski definition) is 5. The van der Waals surface area contributed by atoms with E-state index in [9.17, 15) is 4.79 Å². The maximum atomic E-state index is 10.8. The third-order valence-corrected chi connectivity index (χ3v) is 2.64. The summed E-state index contributed by atoms with van der Waals surface area (Å²) in [5, 5.41) is 8.84. The van der Waals surface area contributed by atoms with Crippen molar-refractivity contribution in [3.8, 4) is 17.4 Å². The van der Waals surface area contributed by atoms with Crippen LogP contribution in [-0.2, 0) is 0 Å². The minimum atomic E-state index is -1.09. The van der Waals surface area contributed by atoms with E-state index in [2.05, 4.69) is 4.98 Å². The molecule has 6 heteroatoms. The summed E-state index contributed by atoms with van der Waals surface area (Å²) in [5.74, 6) is 0.382. The molecular formula is C15H16N2O4. The number of ether oxygens (including phenoxy) is 2. The molecule has 0 atom stereocenters. The van der Waals surface area contributed by atoms with E-state index in [4.69, 9.17) is 20.3 Å². The fourth-order valence-electron chi connectivity index (χ4n) is 1.61. The lowest BCUT2D eigenvalue weighted by molar-refractivity contribution is 0.0696. The Bertz CT molecular complexity index is 626. The second kappa shape index (κ2) is 6.60. The molecule has 0 radical (unpaired) electrons. The summed E-state index contributed by atoms with van der Waals surface area (Å²) in [6.07, 6.45) is 2.14. The summed E-state index contributed by atoms with van der Waals surface area (Å²) in [5.41, 5.74) is 5.91. The van der Waals surface area contributed by atoms with Gasteiger partial charge >= 0.3 is 5.97 Å². The Morgan fingerprint density at radius 1 is 1.29 bits per heavy atom. The first-order valence-electron chi connectivity index (χ1n) is 6.49. The van der Waals surface area contributed by atoms with Crippen molar-refractivity contribution in [1.29, 1.82) is 0 Å². The zero-order chi connectivity index (χ0) is 15.2. The molecular weight excluding hydrogens is 272 g/mol. The molecule has 21 heavy (non-hydrogen) atoms. The van der Waals surface area contributed by atoms with Gasteiger partial charge in [-0.05, 0) is 36.8 Å². The molecule has 0 amide bonds. The molecule has 1 aromatic carbocycles. The van der Waals surface area contributed by atoms with Gasteiger partial charge in [-0.1, -0.05) is 6.92 Å². The van der Waals surface area contributed by atoms with Crippen LogP contribution >= 0.6 is 0 Å². The number of carbonyl (C=O) groups is 1. The topological polar surface area (TPSA) is 94.7 Å². The highest BCUT2D eigenvalue weighted by molar-refractivity contribution is 5.88. The van der Waals surface area contributed by atoms with Crippen LogP contribution in [0.15, 0.2) is 36.5 Å². The molecule has 0 unspecified atom stereocenters. The standard InChI is InChI=1S/C15H16N2O4/c1-2-7-20-11-3-5-12(6-4-11)21-14-13(16)8-10(9-17-14)15(18)19/h3-6,8-9H,2,7,16H2,1H3,(H,18,19). The Morgan fingerprint density at radius 3 is 2.52 bits per heavy atom. The van der Waals surface area contributed by atoms with Gasteiger partial charge < -0.3 is 20.3 Å². The van der Waals surface area contributed by atoms with Gasteiger partial charge in [0.1, 0.15) is 11.5 Å². The predicted molar refractivity (Wildman–Crippen MR) is 77.9 cm³/mol. The summed E-state index contributed by atoms with van der Waals surface area (Å²) in [6.45, 7) is 2.69. The highest BCUT2D eigenvalue weighted by Gasteiger charge is 2.09. The number of nitrogens with two attached hydrogens (primary N) is 1. The van der Waals surface area contributed by atoms with Gasteiger partial charge in [0.05, 0.1) is 17.9 Å². The van der Waals surface area contributed by atoms with Crippen LogP contribution in [0.5, 0.6) is 17.4 Å². The molecule has 0 bridgehead atoms. The number of nitrogens with zero attached hydrogens (tertiary/aromatic N) is 1. The van der Waals surface area contributed by atoms with Gasteiger partial charge in [-0.3, -0.25) is 0 Å². The Balaban J connectivity index is 2.09. The first kappa shape index (κ1) is 14.6. The predicted octanol–water partition coefficient (Wildman–Crippen LogP) is 2.94.